The Bertz CT molecular complexity index is 6.00. The van der Waals surface area contributed by atoms with E-state index in [1.54, 1.807) is 0 Å². The van der Waals surface area contributed by atoms with Crippen LogP contribution in [0.4, 0.5) is 0 Å². The van der Waals surface area contributed by atoms with Gasteiger partial charge < -0.3 is 20.3 Å². The van der Waals surface area contributed by atoms with Crippen LogP contribution in [0.1, 0.15) is 0 Å². The third-order valence-electron chi connectivity index (χ3n) is 0. The van der Waals surface area contributed by atoms with Crippen LogP contribution >= 0.6 is 0 Å². The van der Waals surface area contributed by atoms with Gasteiger partial charge in [-0.25, -0.2) is 0 Å². The van der Waals surface area contributed by atoms with Gasteiger partial charge in [-0.2, -0.15) is 0 Å². The van der Waals surface area contributed by atoms with E-state index in [-0.39, 0.29) is 53.0 Å². The molecule has 0 aliphatic heterocycles. The first-order chi connectivity index (χ1) is 0. The van der Waals surface area contributed by atoms with Gasteiger partial charge in [0.05, 0.1) is 0 Å². The van der Waals surface area contributed by atoms with Crippen molar-refractivity contribution >= 4 is 0 Å². The first-order valence-corrected chi connectivity index (χ1v) is 0. The summed E-state index contributed by atoms with van der Waals surface area (Å²) in [5.74, 6) is 0. The molecule has 0 heterocycles. The van der Waals surface area contributed by atoms with Crippen molar-refractivity contribution in [2.24, 2.45) is 0 Å². The minimum Gasteiger partial charge on any atom is -0.412 e. The monoisotopic (exact) mass is 137 g/mol. The van der Waals surface area contributed by atoms with Crippen LogP contribution in [0.5, 0.6) is 0 Å². The second-order valence-corrected chi connectivity index (χ2v) is 0. The molecule has 1 nitrogen and oxygen atoms in total. The van der Waals surface area contributed by atoms with Gasteiger partial charge in [-0.05, 0) is 0 Å². The SMILES string of the molecule is O.[CH3-].[CH3-].[Y]. The fraction of sp³-hybridized carbons (Fsp3) is 0. The Labute approximate surface area is 53.0 Å². The quantitative estimate of drug-likeness (QED) is 0.423. The molecule has 0 aromatic heterocycles. The molecule has 0 atom stereocenters. The molecule has 0 aliphatic carbocycles. The average molecular weight is 137 g/mol. The van der Waals surface area contributed by atoms with Crippen LogP contribution in [0.3, 0.4) is 0 Å². The van der Waals surface area contributed by atoms with Crippen LogP contribution in [0, 0.1) is 14.9 Å². The standard InChI is InChI=1S/2CH3.H2O.Y/h2*1H3;1H2;/q2*-1;;. The van der Waals surface area contributed by atoms with E-state index in [0.29, 0.717) is 0 Å². The van der Waals surface area contributed by atoms with E-state index in [4.69, 9.17) is 0 Å². The van der Waals surface area contributed by atoms with Gasteiger partial charge in [0.2, 0.25) is 0 Å². The summed E-state index contributed by atoms with van der Waals surface area (Å²) in [6.45, 7) is 0. The molecule has 0 rings (SSSR count). The maximum absolute atomic E-state index is 0. The summed E-state index contributed by atoms with van der Waals surface area (Å²) < 4.78 is 0. The van der Waals surface area contributed by atoms with Crippen LogP contribution < -0.4 is 0 Å². The summed E-state index contributed by atoms with van der Waals surface area (Å²) in [6, 6.07) is 0. The van der Waals surface area contributed by atoms with E-state index in [1.165, 1.54) is 0 Å². The molecule has 2 heteroatoms. The molecule has 1 radical (unpaired) electrons. The van der Waals surface area contributed by atoms with E-state index in [2.05, 4.69) is 0 Å². The van der Waals surface area contributed by atoms with Gasteiger partial charge in [0.25, 0.3) is 0 Å². The Hall–Kier alpha value is 1.06. The van der Waals surface area contributed by atoms with Crippen LogP contribution in [-0.4, -0.2) is 5.48 Å². The van der Waals surface area contributed by atoms with E-state index in [0.717, 1.165) is 0 Å². The molecule has 0 saturated carbocycles. The molecular weight excluding hydrogens is 129 g/mol. The zero-order valence-electron chi connectivity index (χ0n) is 3.08. The number of rotatable bonds is 0. The Morgan fingerprint density at radius 2 is 0.750 bits per heavy atom. The predicted molar refractivity (Wildman–Crippen MR) is 16.4 cm³/mol. The van der Waals surface area contributed by atoms with Crippen LogP contribution in [0.25, 0.3) is 0 Å². The summed E-state index contributed by atoms with van der Waals surface area (Å²) >= 11 is 0. The molecule has 0 amide bonds. The van der Waals surface area contributed by atoms with Crippen molar-refractivity contribution in [1.82, 2.24) is 0 Å². The molecule has 0 aliphatic rings. The summed E-state index contributed by atoms with van der Waals surface area (Å²) in [4.78, 5) is 0. The minimum absolute atomic E-state index is 0. The van der Waals surface area contributed by atoms with Crippen molar-refractivity contribution < 1.29 is 38.2 Å². The number of hydrogen-bond donors (Lipinski definition) is 0. The van der Waals surface area contributed by atoms with Crippen LogP contribution in [0.15, 0.2) is 0 Å². The summed E-state index contributed by atoms with van der Waals surface area (Å²) in [6.07, 6.45) is 0. The number of hydrogen-bond acceptors (Lipinski definition) is 0. The molecule has 2 N–H and O–H groups in total. The Kier molecular flexibility index (Phi) is 623. The average Bonchev–Trinajstić information content (AvgIpc) is 0. The maximum atomic E-state index is 0. The van der Waals surface area contributed by atoms with Crippen molar-refractivity contribution in [3.05, 3.63) is 14.9 Å². The van der Waals surface area contributed by atoms with Crippen molar-refractivity contribution in [3.8, 4) is 0 Å². The topological polar surface area (TPSA) is 31.5 Å². The van der Waals surface area contributed by atoms with Crippen molar-refractivity contribution in [3.63, 3.8) is 0 Å². The molecule has 27 valence electrons. The van der Waals surface area contributed by atoms with E-state index >= 15 is 0 Å². The first kappa shape index (κ1) is 73.9. The molecule has 0 fully saturated rings. The summed E-state index contributed by atoms with van der Waals surface area (Å²) in [7, 11) is 0. The summed E-state index contributed by atoms with van der Waals surface area (Å²) in [5.41, 5.74) is 0. The van der Waals surface area contributed by atoms with Gasteiger partial charge in [0.15, 0.2) is 0 Å². The van der Waals surface area contributed by atoms with E-state index in [1.807, 2.05) is 0 Å². The van der Waals surface area contributed by atoms with E-state index in [9.17, 15) is 0 Å². The molecule has 0 aromatic rings. The van der Waals surface area contributed by atoms with Crippen LogP contribution in [0.2, 0.25) is 0 Å². The maximum Gasteiger partial charge on any atom is 0 e. The Morgan fingerprint density at radius 3 is 0.750 bits per heavy atom. The molecule has 0 aromatic carbocycles. The normalized spacial score (nSPS) is 0. The third kappa shape index (κ3) is 11.5. The molecular formula is C2H8OY-2. The smallest absolute Gasteiger partial charge is 0 e. The largest absolute Gasteiger partial charge is 0.412 e. The molecule has 4 heavy (non-hydrogen) atoms. The van der Waals surface area contributed by atoms with Gasteiger partial charge in [-0.3, -0.25) is 0 Å². The van der Waals surface area contributed by atoms with Gasteiger partial charge in [0, 0.05) is 32.7 Å². The fourth-order valence-corrected chi connectivity index (χ4v) is 0. The molecule has 0 spiro atoms. The van der Waals surface area contributed by atoms with Gasteiger partial charge in [0.1, 0.15) is 0 Å². The predicted octanol–water partition coefficient (Wildman–Crippen LogP) is 0.0734. The molecule has 0 unspecified atom stereocenters. The molecule has 0 saturated heterocycles. The Morgan fingerprint density at radius 1 is 0.750 bits per heavy atom. The van der Waals surface area contributed by atoms with Crippen molar-refractivity contribution in [2.45, 2.75) is 0 Å². The zero-order chi connectivity index (χ0) is 0. The third-order valence-corrected chi connectivity index (χ3v) is 0. The fourth-order valence-electron chi connectivity index (χ4n) is 0. The van der Waals surface area contributed by atoms with Crippen molar-refractivity contribution in [1.29, 1.82) is 0 Å². The van der Waals surface area contributed by atoms with Gasteiger partial charge >= 0.3 is 0 Å². The van der Waals surface area contributed by atoms with Gasteiger partial charge in [-0.15, -0.1) is 0 Å². The first-order valence-electron chi connectivity index (χ1n) is 0. The second kappa shape index (κ2) is 33.7. The van der Waals surface area contributed by atoms with Crippen molar-refractivity contribution in [2.75, 3.05) is 0 Å². The molecule has 0 bridgehead atoms. The zero-order valence-corrected chi connectivity index (χ0v) is 5.92. The van der Waals surface area contributed by atoms with Crippen LogP contribution in [-0.2, 0) is 32.7 Å². The van der Waals surface area contributed by atoms with Gasteiger partial charge in [-0.1, -0.05) is 0 Å². The minimum atomic E-state index is 0. The summed E-state index contributed by atoms with van der Waals surface area (Å²) in [5, 5.41) is 0. The Balaban J connectivity index is 0. The second-order valence-electron chi connectivity index (χ2n) is 0. The van der Waals surface area contributed by atoms with E-state index < -0.39 is 0 Å².